The Kier molecular flexibility index (Phi) is 9.67. The van der Waals surface area contributed by atoms with Crippen molar-refractivity contribution in [2.45, 2.75) is 47.2 Å². The molecule has 0 amide bonds. The first-order valence-electron chi connectivity index (χ1n) is 11.4. The molecule has 6 heteroatoms. The molecular weight excluding hydrogens is 396 g/mol. The number of nitrogens with one attached hydrogen (secondary N) is 1. The Morgan fingerprint density at radius 3 is 2.06 bits per heavy atom. The fourth-order valence-corrected chi connectivity index (χ4v) is 3.33. The van der Waals surface area contributed by atoms with E-state index >= 15 is 0 Å². The molecule has 0 saturated heterocycles. The third kappa shape index (κ3) is 5.63. The SMILES string of the molecule is CC.CC.CC(c1ccccc1)n1nc(N(C)C)c2c(NCc3ccccc3)ncnc21. The Hall–Kier alpha value is -3.41. The number of rotatable bonds is 6. The van der Waals surface area contributed by atoms with Crippen LogP contribution in [0, 0.1) is 0 Å². The molecule has 0 fully saturated rings. The Bertz CT molecular complexity index is 1060. The largest absolute Gasteiger partial charge is 0.365 e. The lowest BCUT2D eigenvalue weighted by molar-refractivity contribution is 0.578. The van der Waals surface area contributed by atoms with Crippen LogP contribution in [0.4, 0.5) is 11.6 Å². The molecule has 4 aromatic rings. The van der Waals surface area contributed by atoms with Crippen LogP contribution in [-0.2, 0) is 6.54 Å². The molecule has 0 bridgehead atoms. The second-order valence-corrected chi connectivity index (χ2v) is 7.01. The summed E-state index contributed by atoms with van der Waals surface area (Å²) in [5.41, 5.74) is 3.21. The normalized spacial score (nSPS) is 11.0. The van der Waals surface area contributed by atoms with Gasteiger partial charge in [0.05, 0.1) is 6.04 Å². The molecule has 2 aromatic heterocycles. The predicted octanol–water partition coefficient (Wildman–Crippen LogP) is 6.17. The second-order valence-electron chi connectivity index (χ2n) is 7.01. The minimum Gasteiger partial charge on any atom is -0.365 e. The highest BCUT2D eigenvalue weighted by Crippen LogP contribution is 2.32. The molecule has 4 rings (SSSR count). The number of anilines is 2. The minimum absolute atomic E-state index is 0.0641. The zero-order valence-electron chi connectivity index (χ0n) is 20.4. The smallest absolute Gasteiger partial charge is 0.166 e. The second kappa shape index (κ2) is 12.4. The van der Waals surface area contributed by atoms with E-state index in [1.807, 2.05) is 87.8 Å². The molecule has 0 aliphatic carbocycles. The van der Waals surface area contributed by atoms with Gasteiger partial charge >= 0.3 is 0 Å². The quantitative estimate of drug-likeness (QED) is 0.395. The van der Waals surface area contributed by atoms with Gasteiger partial charge in [0.1, 0.15) is 17.5 Å². The van der Waals surface area contributed by atoms with E-state index in [9.17, 15) is 0 Å². The van der Waals surface area contributed by atoms with E-state index in [-0.39, 0.29) is 6.04 Å². The number of nitrogens with zero attached hydrogens (tertiary/aromatic N) is 5. The molecule has 0 radical (unpaired) electrons. The average molecular weight is 433 g/mol. The molecule has 2 aromatic carbocycles. The Labute approximate surface area is 192 Å². The molecule has 0 spiro atoms. The van der Waals surface area contributed by atoms with Crippen molar-refractivity contribution in [2.75, 3.05) is 24.3 Å². The molecule has 0 aliphatic heterocycles. The van der Waals surface area contributed by atoms with E-state index in [0.29, 0.717) is 6.54 Å². The Balaban J connectivity index is 0.000000860. The lowest BCUT2D eigenvalue weighted by atomic mass is 10.1. The number of benzene rings is 2. The molecule has 1 atom stereocenters. The maximum absolute atomic E-state index is 4.88. The van der Waals surface area contributed by atoms with Crippen LogP contribution in [0.2, 0.25) is 0 Å². The molecular formula is C26H36N6. The fraction of sp³-hybridized carbons (Fsp3) is 0.346. The Morgan fingerprint density at radius 2 is 1.47 bits per heavy atom. The van der Waals surface area contributed by atoms with Crippen LogP contribution in [-0.4, -0.2) is 33.8 Å². The van der Waals surface area contributed by atoms with Crippen LogP contribution >= 0.6 is 0 Å². The molecule has 170 valence electrons. The molecule has 0 aliphatic rings. The summed E-state index contributed by atoms with van der Waals surface area (Å²) in [6.45, 7) is 10.8. The zero-order valence-corrected chi connectivity index (χ0v) is 20.4. The summed E-state index contributed by atoms with van der Waals surface area (Å²) in [7, 11) is 3.99. The number of aromatic nitrogens is 4. The first kappa shape index (κ1) is 24.9. The van der Waals surface area contributed by atoms with Crippen molar-refractivity contribution >= 4 is 22.7 Å². The Morgan fingerprint density at radius 1 is 0.875 bits per heavy atom. The number of hydrogen-bond donors (Lipinski definition) is 1. The third-order valence-electron chi connectivity index (χ3n) is 4.85. The molecule has 1 unspecified atom stereocenters. The summed E-state index contributed by atoms with van der Waals surface area (Å²) in [4.78, 5) is 11.1. The van der Waals surface area contributed by atoms with Crippen LogP contribution in [0.25, 0.3) is 11.0 Å². The van der Waals surface area contributed by atoms with Crippen LogP contribution < -0.4 is 10.2 Å². The summed E-state index contributed by atoms with van der Waals surface area (Å²) in [5, 5.41) is 9.28. The van der Waals surface area contributed by atoms with Gasteiger partial charge in [-0.2, -0.15) is 5.10 Å². The average Bonchev–Trinajstić information content (AvgIpc) is 3.27. The third-order valence-corrected chi connectivity index (χ3v) is 4.85. The van der Waals surface area contributed by atoms with Crippen molar-refractivity contribution in [1.82, 2.24) is 19.7 Å². The van der Waals surface area contributed by atoms with Crippen molar-refractivity contribution in [1.29, 1.82) is 0 Å². The summed E-state index contributed by atoms with van der Waals surface area (Å²) < 4.78 is 1.98. The maximum atomic E-state index is 4.88. The van der Waals surface area contributed by atoms with Crippen LogP contribution in [0.1, 0.15) is 51.8 Å². The highest BCUT2D eigenvalue weighted by molar-refractivity contribution is 5.97. The standard InChI is InChI=1S/C22H24N6.2C2H6/c1-16(18-12-8-5-9-13-18)28-21-19(22(26-28)27(2)3)20(24-15-25-21)23-14-17-10-6-4-7-11-17;2*1-2/h4-13,15-16H,14H2,1-3H3,(H,23,24,25);2*1-2H3. The van der Waals surface area contributed by atoms with E-state index in [1.54, 1.807) is 6.33 Å². The molecule has 0 saturated carbocycles. The van der Waals surface area contributed by atoms with E-state index < -0.39 is 0 Å². The molecule has 32 heavy (non-hydrogen) atoms. The van der Waals surface area contributed by atoms with Crippen LogP contribution in [0.3, 0.4) is 0 Å². The lowest BCUT2D eigenvalue weighted by Crippen LogP contribution is -2.13. The van der Waals surface area contributed by atoms with Gasteiger partial charge < -0.3 is 10.2 Å². The summed E-state index contributed by atoms with van der Waals surface area (Å²) in [6.07, 6.45) is 1.60. The molecule has 6 nitrogen and oxygen atoms in total. The topological polar surface area (TPSA) is 58.9 Å². The van der Waals surface area contributed by atoms with E-state index in [4.69, 9.17) is 5.10 Å². The van der Waals surface area contributed by atoms with Gasteiger partial charge in [-0.1, -0.05) is 88.4 Å². The van der Waals surface area contributed by atoms with Gasteiger partial charge in [-0.15, -0.1) is 0 Å². The zero-order chi connectivity index (χ0) is 23.5. The van der Waals surface area contributed by atoms with Gasteiger partial charge in [0.2, 0.25) is 0 Å². The summed E-state index contributed by atoms with van der Waals surface area (Å²) in [5.74, 6) is 1.65. The summed E-state index contributed by atoms with van der Waals surface area (Å²) in [6, 6.07) is 20.7. The molecule has 1 N–H and O–H groups in total. The first-order valence-corrected chi connectivity index (χ1v) is 11.4. The van der Waals surface area contributed by atoms with Gasteiger partial charge in [-0.25, -0.2) is 14.6 Å². The highest BCUT2D eigenvalue weighted by atomic mass is 15.4. The van der Waals surface area contributed by atoms with Gasteiger partial charge in [0, 0.05) is 20.6 Å². The molecule has 2 heterocycles. The van der Waals surface area contributed by atoms with Crippen molar-refractivity contribution in [3.63, 3.8) is 0 Å². The predicted molar refractivity (Wildman–Crippen MR) is 136 cm³/mol. The first-order chi connectivity index (χ1) is 15.6. The van der Waals surface area contributed by atoms with Crippen molar-refractivity contribution in [2.24, 2.45) is 0 Å². The summed E-state index contributed by atoms with van der Waals surface area (Å²) >= 11 is 0. The number of fused-ring (bicyclic) bond motifs is 1. The van der Waals surface area contributed by atoms with Crippen molar-refractivity contribution < 1.29 is 0 Å². The fourth-order valence-electron chi connectivity index (χ4n) is 3.33. The number of hydrogen-bond acceptors (Lipinski definition) is 5. The van der Waals surface area contributed by atoms with Gasteiger partial charge in [0.25, 0.3) is 0 Å². The van der Waals surface area contributed by atoms with Crippen LogP contribution in [0.15, 0.2) is 67.0 Å². The van der Waals surface area contributed by atoms with Crippen molar-refractivity contribution in [3.05, 3.63) is 78.1 Å². The van der Waals surface area contributed by atoms with Crippen molar-refractivity contribution in [3.8, 4) is 0 Å². The minimum atomic E-state index is 0.0641. The van der Waals surface area contributed by atoms with Gasteiger partial charge in [-0.3, -0.25) is 0 Å². The van der Waals surface area contributed by atoms with E-state index in [0.717, 1.165) is 22.7 Å². The van der Waals surface area contributed by atoms with Gasteiger partial charge in [-0.05, 0) is 18.1 Å². The van der Waals surface area contributed by atoms with E-state index in [1.165, 1.54) is 11.1 Å². The monoisotopic (exact) mass is 432 g/mol. The van der Waals surface area contributed by atoms with Crippen LogP contribution in [0.5, 0.6) is 0 Å². The highest BCUT2D eigenvalue weighted by Gasteiger charge is 2.21. The lowest BCUT2D eigenvalue weighted by Gasteiger charge is -2.13. The van der Waals surface area contributed by atoms with E-state index in [2.05, 4.69) is 46.5 Å². The maximum Gasteiger partial charge on any atom is 0.166 e. The van der Waals surface area contributed by atoms with Gasteiger partial charge in [0.15, 0.2) is 11.5 Å².